The van der Waals surface area contributed by atoms with Gasteiger partial charge < -0.3 is 4.98 Å². The molecule has 6 nitrogen and oxygen atoms in total. The zero-order valence-electron chi connectivity index (χ0n) is 14.3. The van der Waals surface area contributed by atoms with Gasteiger partial charge in [0.25, 0.3) is 0 Å². The largest absolute Gasteiger partial charge is 0.357 e. The Labute approximate surface area is 151 Å². The maximum Gasteiger partial charge on any atom is 0.162 e. The average Bonchev–Trinajstić information content (AvgIpc) is 3.10. The van der Waals surface area contributed by atoms with Gasteiger partial charge in [0.2, 0.25) is 0 Å². The van der Waals surface area contributed by atoms with Crippen LogP contribution in [-0.4, -0.2) is 36.4 Å². The van der Waals surface area contributed by atoms with Crippen LogP contribution in [-0.2, 0) is 19.5 Å². The number of benzene rings is 1. The van der Waals surface area contributed by atoms with Crippen molar-refractivity contribution in [3.8, 4) is 11.4 Å². The molecule has 0 saturated carbocycles. The highest BCUT2D eigenvalue weighted by Gasteiger charge is 2.19. The molecule has 4 heterocycles. The molecule has 0 radical (unpaired) electrons. The Kier molecular flexibility index (Phi) is 3.68. The summed E-state index contributed by atoms with van der Waals surface area (Å²) in [5, 5.41) is 1.26. The number of rotatable bonds is 3. The second kappa shape index (κ2) is 6.31. The molecule has 0 atom stereocenters. The third-order valence-electron chi connectivity index (χ3n) is 4.82. The van der Waals surface area contributed by atoms with Crippen molar-refractivity contribution in [3.63, 3.8) is 0 Å². The number of nitrogens with zero attached hydrogens (tertiary/aromatic N) is 5. The van der Waals surface area contributed by atoms with Crippen molar-refractivity contribution in [1.82, 2.24) is 29.8 Å². The molecule has 5 rings (SSSR count). The summed E-state index contributed by atoms with van der Waals surface area (Å²) in [7, 11) is 0. The van der Waals surface area contributed by atoms with Crippen molar-refractivity contribution in [2.45, 2.75) is 19.5 Å². The van der Waals surface area contributed by atoms with E-state index in [1.165, 1.54) is 28.5 Å². The van der Waals surface area contributed by atoms with E-state index in [4.69, 9.17) is 4.98 Å². The van der Waals surface area contributed by atoms with E-state index in [1.54, 1.807) is 12.4 Å². The predicted octanol–water partition coefficient (Wildman–Crippen LogP) is 2.97. The van der Waals surface area contributed by atoms with E-state index in [2.05, 4.69) is 55.2 Å². The Morgan fingerprint density at radius 2 is 1.96 bits per heavy atom. The quantitative estimate of drug-likeness (QED) is 0.620. The highest BCUT2D eigenvalue weighted by molar-refractivity contribution is 5.80. The SMILES string of the molecule is c1ccc2[nH]c(CN3CCc4cnc(-c5cncnc5)nc4C3)cc2c1. The van der Waals surface area contributed by atoms with Crippen LogP contribution in [0, 0.1) is 0 Å². The maximum absolute atomic E-state index is 4.78. The van der Waals surface area contributed by atoms with E-state index in [9.17, 15) is 0 Å². The topological polar surface area (TPSA) is 70.6 Å². The number of aromatic nitrogens is 5. The molecule has 0 aliphatic carbocycles. The summed E-state index contributed by atoms with van der Waals surface area (Å²) in [4.78, 5) is 23.3. The smallest absolute Gasteiger partial charge is 0.162 e. The van der Waals surface area contributed by atoms with Crippen molar-refractivity contribution in [3.05, 3.63) is 72.2 Å². The monoisotopic (exact) mass is 342 g/mol. The van der Waals surface area contributed by atoms with E-state index in [1.807, 2.05) is 6.20 Å². The van der Waals surface area contributed by atoms with Gasteiger partial charge in [-0.05, 0) is 29.5 Å². The van der Waals surface area contributed by atoms with Gasteiger partial charge in [-0.2, -0.15) is 0 Å². The van der Waals surface area contributed by atoms with E-state index >= 15 is 0 Å². The molecule has 4 aromatic rings. The third kappa shape index (κ3) is 2.84. The lowest BCUT2D eigenvalue weighted by molar-refractivity contribution is 0.239. The van der Waals surface area contributed by atoms with Gasteiger partial charge >= 0.3 is 0 Å². The van der Waals surface area contributed by atoms with Gasteiger partial charge in [0.15, 0.2) is 5.82 Å². The molecule has 1 N–H and O–H groups in total. The average molecular weight is 342 g/mol. The molecule has 0 saturated heterocycles. The molecule has 1 aliphatic rings. The minimum Gasteiger partial charge on any atom is -0.357 e. The Morgan fingerprint density at radius 1 is 1.08 bits per heavy atom. The highest BCUT2D eigenvalue weighted by atomic mass is 15.1. The van der Waals surface area contributed by atoms with Crippen LogP contribution < -0.4 is 0 Å². The number of nitrogens with one attached hydrogen (secondary N) is 1. The summed E-state index contributed by atoms with van der Waals surface area (Å²) in [6.07, 6.45) is 7.94. The molecule has 0 unspecified atom stereocenters. The lowest BCUT2D eigenvalue weighted by Crippen LogP contribution is -2.31. The lowest BCUT2D eigenvalue weighted by Gasteiger charge is -2.27. The molecule has 1 aliphatic heterocycles. The second-order valence-corrected chi connectivity index (χ2v) is 6.64. The number of hydrogen-bond acceptors (Lipinski definition) is 5. The molecule has 0 amide bonds. The first-order valence-corrected chi connectivity index (χ1v) is 8.74. The Bertz CT molecular complexity index is 1020. The maximum atomic E-state index is 4.78. The number of H-pyrrole nitrogens is 1. The number of fused-ring (bicyclic) bond motifs is 2. The zero-order chi connectivity index (χ0) is 17.3. The third-order valence-corrected chi connectivity index (χ3v) is 4.82. The minimum atomic E-state index is 0.691. The van der Waals surface area contributed by atoms with E-state index in [-0.39, 0.29) is 0 Å². The summed E-state index contributed by atoms with van der Waals surface area (Å²) < 4.78 is 0. The molecule has 0 spiro atoms. The standard InChI is InChI=1S/C20H18N6/c1-2-4-18-14(3-1)7-17(24-18)11-26-6-5-15-10-23-20(25-19(15)12-26)16-8-21-13-22-9-16/h1-4,7-10,13,24H,5-6,11-12H2. The van der Waals surface area contributed by atoms with Crippen molar-refractivity contribution in [2.24, 2.45) is 0 Å². The molecule has 6 heteroatoms. The van der Waals surface area contributed by atoms with Crippen LogP contribution in [0.5, 0.6) is 0 Å². The fourth-order valence-electron chi connectivity index (χ4n) is 3.51. The van der Waals surface area contributed by atoms with Crippen LogP contribution in [0.4, 0.5) is 0 Å². The van der Waals surface area contributed by atoms with Gasteiger partial charge in [0.1, 0.15) is 6.33 Å². The Hall–Kier alpha value is -3.12. The van der Waals surface area contributed by atoms with E-state index in [0.29, 0.717) is 5.82 Å². The van der Waals surface area contributed by atoms with Crippen molar-refractivity contribution >= 4 is 10.9 Å². The first-order valence-electron chi connectivity index (χ1n) is 8.74. The van der Waals surface area contributed by atoms with E-state index < -0.39 is 0 Å². The Morgan fingerprint density at radius 3 is 2.85 bits per heavy atom. The van der Waals surface area contributed by atoms with Crippen LogP contribution in [0.3, 0.4) is 0 Å². The van der Waals surface area contributed by atoms with Gasteiger partial charge in [-0.1, -0.05) is 18.2 Å². The predicted molar refractivity (Wildman–Crippen MR) is 99.2 cm³/mol. The first-order chi connectivity index (χ1) is 12.8. The van der Waals surface area contributed by atoms with Crippen LogP contribution >= 0.6 is 0 Å². The number of hydrogen-bond donors (Lipinski definition) is 1. The molecule has 0 fully saturated rings. The van der Waals surface area contributed by atoms with Crippen LogP contribution in [0.25, 0.3) is 22.3 Å². The van der Waals surface area contributed by atoms with Gasteiger partial charge in [-0.25, -0.2) is 19.9 Å². The lowest BCUT2D eigenvalue weighted by atomic mass is 10.1. The molecule has 26 heavy (non-hydrogen) atoms. The van der Waals surface area contributed by atoms with Gasteiger partial charge in [-0.3, -0.25) is 4.90 Å². The summed E-state index contributed by atoms with van der Waals surface area (Å²) >= 11 is 0. The molecule has 1 aromatic carbocycles. The second-order valence-electron chi connectivity index (χ2n) is 6.64. The fraction of sp³-hybridized carbons (Fsp3) is 0.200. The summed E-state index contributed by atoms with van der Waals surface area (Å²) in [5.74, 6) is 0.691. The molecule has 0 bridgehead atoms. The summed E-state index contributed by atoms with van der Waals surface area (Å²) in [6.45, 7) is 2.73. The molecule has 3 aromatic heterocycles. The molecular formula is C20H18N6. The van der Waals surface area contributed by atoms with Crippen molar-refractivity contribution in [1.29, 1.82) is 0 Å². The Balaban J connectivity index is 1.38. The minimum absolute atomic E-state index is 0.691. The summed E-state index contributed by atoms with van der Waals surface area (Å²) in [5.41, 5.74) is 5.61. The number of para-hydroxylation sites is 1. The highest BCUT2D eigenvalue weighted by Crippen LogP contribution is 2.22. The van der Waals surface area contributed by atoms with Gasteiger partial charge in [0, 0.05) is 49.4 Å². The van der Waals surface area contributed by atoms with Crippen LogP contribution in [0.15, 0.2) is 55.2 Å². The van der Waals surface area contributed by atoms with Crippen molar-refractivity contribution in [2.75, 3.05) is 6.54 Å². The normalized spacial score (nSPS) is 14.5. The van der Waals surface area contributed by atoms with Gasteiger partial charge in [0.05, 0.1) is 11.3 Å². The fourth-order valence-corrected chi connectivity index (χ4v) is 3.51. The van der Waals surface area contributed by atoms with Crippen molar-refractivity contribution < 1.29 is 0 Å². The number of aromatic amines is 1. The van der Waals surface area contributed by atoms with Crippen LogP contribution in [0.2, 0.25) is 0 Å². The van der Waals surface area contributed by atoms with Gasteiger partial charge in [-0.15, -0.1) is 0 Å². The zero-order valence-corrected chi connectivity index (χ0v) is 14.3. The molecular weight excluding hydrogens is 324 g/mol. The first kappa shape index (κ1) is 15.2. The molecule has 128 valence electrons. The summed E-state index contributed by atoms with van der Waals surface area (Å²) in [6, 6.07) is 10.6. The van der Waals surface area contributed by atoms with Crippen LogP contribution in [0.1, 0.15) is 17.0 Å². The van der Waals surface area contributed by atoms with E-state index in [0.717, 1.165) is 37.3 Å².